The molecular weight excluding hydrogens is 312 g/mol. The van der Waals surface area contributed by atoms with Gasteiger partial charge in [0.15, 0.2) is 5.78 Å². The molecule has 0 radical (unpaired) electrons. The molecule has 0 bridgehead atoms. The van der Waals surface area contributed by atoms with Crippen molar-refractivity contribution in [2.45, 2.75) is 12.8 Å². The Morgan fingerprint density at radius 1 is 1.67 bits per heavy atom. The first kappa shape index (κ1) is 14.2. The van der Waals surface area contributed by atoms with Gasteiger partial charge in [-0.2, -0.15) is 0 Å². The minimum Gasteiger partial charge on any atom is -0.319 e. The van der Waals surface area contributed by atoms with Gasteiger partial charge in [0.05, 0.1) is 11.4 Å². The molecule has 0 aromatic carbocycles. The van der Waals surface area contributed by atoms with Crippen LogP contribution in [0.4, 0.5) is 0 Å². The Labute approximate surface area is 121 Å². The molecule has 0 amide bonds. The molecular formula is C13H19BrN2OS. The van der Waals surface area contributed by atoms with Gasteiger partial charge in [-0.3, -0.25) is 9.69 Å². The molecule has 2 rings (SSSR count). The van der Waals surface area contributed by atoms with E-state index in [1.165, 1.54) is 24.2 Å². The topological polar surface area (TPSA) is 32.3 Å². The van der Waals surface area contributed by atoms with Crippen LogP contribution in [0, 0.1) is 5.92 Å². The van der Waals surface area contributed by atoms with Gasteiger partial charge in [0, 0.05) is 11.0 Å². The number of Topliss-reactive ketones (excluding diaryl/α,β-unsaturated/α-hetero) is 1. The van der Waals surface area contributed by atoms with Crippen LogP contribution >= 0.6 is 27.3 Å². The van der Waals surface area contributed by atoms with E-state index in [2.05, 4.69) is 26.1 Å². The molecule has 1 aromatic rings. The molecule has 0 saturated carbocycles. The van der Waals surface area contributed by atoms with Crippen molar-refractivity contribution in [1.29, 1.82) is 0 Å². The van der Waals surface area contributed by atoms with E-state index in [0.29, 0.717) is 12.5 Å². The number of hydrogen-bond donors (Lipinski definition) is 1. The number of rotatable bonds is 5. The molecule has 5 heteroatoms. The third-order valence-corrected chi connectivity index (χ3v) is 5.21. The fourth-order valence-corrected chi connectivity index (χ4v) is 4.04. The molecule has 1 aliphatic heterocycles. The average molecular weight is 331 g/mol. The molecule has 2 heterocycles. The number of carbonyl (C=O) groups excluding carboxylic acids is 1. The number of ketones is 1. The maximum absolute atomic E-state index is 12.2. The van der Waals surface area contributed by atoms with E-state index < -0.39 is 0 Å². The van der Waals surface area contributed by atoms with Crippen molar-refractivity contribution in [3.8, 4) is 0 Å². The zero-order chi connectivity index (χ0) is 13.0. The van der Waals surface area contributed by atoms with Crippen LogP contribution in [0.25, 0.3) is 0 Å². The van der Waals surface area contributed by atoms with Crippen LogP contribution < -0.4 is 5.32 Å². The fourth-order valence-electron chi connectivity index (χ4n) is 2.52. The van der Waals surface area contributed by atoms with Crippen molar-refractivity contribution in [1.82, 2.24) is 10.2 Å². The summed E-state index contributed by atoms with van der Waals surface area (Å²) in [6.07, 6.45) is 2.47. The molecule has 100 valence electrons. The monoisotopic (exact) mass is 330 g/mol. The van der Waals surface area contributed by atoms with E-state index >= 15 is 0 Å². The predicted octanol–water partition coefficient (Wildman–Crippen LogP) is 2.62. The molecule has 1 fully saturated rings. The first-order valence-electron chi connectivity index (χ1n) is 6.34. The Kier molecular flexibility index (Phi) is 5.36. The summed E-state index contributed by atoms with van der Waals surface area (Å²) in [5.74, 6) is 0.922. The van der Waals surface area contributed by atoms with Crippen LogP contribution in [0.2, 0.25) is 0 Å². The fraction of sp³-hybridized carbons (Fsp3) is 0.615. The van der Waals surface area contributed by atoms with Crippen LogP contribution in [0.3, 0.4) is 0 Å². The van der Waals surface area contributed by atoms with E-state index in [9.17, 15) is 4.79 Å². The predicted molar refractivity (Wildman–Crippen MR) is 79.4 cm³/mol. The lowest BCUT2D eigenvalue weighted by Gasteiger charge is -2.32. The average Bonchev–Trinajstić information content (AvgIpc) is 2.76. The molecule has 1 atom stereocenters. The smallest absolute Gasteiger partial charge is 0.187 e. The minimum atomic E-state index is 0.238. The quantitative estimate of drug-likeness (QED) is 0.842. The summed E-state index contributed by atoms with van der Waals surface area (Å²) in [5.41, 5.74) is 0. The second kappa shape index (κ2) is 6.80. The number of piperidine rings is 1. The van der Waals surface area contributed by atoms with Gasteiger partial charge in [-0.25, -0.2) is 0 Å². The zero-order valence-corrected chi connectivity index (χ0v) is 13.0. The van der Waals surface area contributed by atoms with Gasteiger partial charge in [-0.05, 0) is 66.3 Å². The lowest BCUT2D eigenvalue weighted by molar-refractivity contribution is 0.0890. The van der Waals surface area contributed by atoms with Crippen LogP contribution in [-0.2, 0) is 0 Å². The van der Waals surface area contributed by atoms with Crippen molar-refractivity contribution in [2.24, 2.45) is 5.92 Å². The first-order chi connectivity index (χ1) is 8.70. The number of hydrogen-bond acceptors (Lipinski definition) is 4. The highest BCUT2D eigenvalue weighted by atomic mass is 79.9. The third-order valence-electron chi connectivity index (χ3n) is 3.33. The summed E-state index contributed by atoms with van der Waals surface area (Å²) in [5, 5.41) is 5.19. The SMILES string of the molecule is CNCC1CCCN(CC(=O)c2sccc2Br)C1. The van der Waals surface area contributed by atoms with Gasteiger partial charge in [-0.1, -0.05) is 0 Å². The van der Waals surface area contributed by atoms with Crippen LogP contribution in [0.15, 0.2) is 15.9 Å². The number of likely N-dealkylation sites (tertiary alicyclic amines) is 1. The number of halogens is 1. The van der Waals surface area contributed by atoms with Crippen LogP contribution in [-0.4, -0.2) is 43.9 Å². The normalized spacial score (nSPS) is 21.1. The van der Waals surface area contributed by atoms with Gasteiger partial charge >= 0.3 is 0 Å². The Balaban J connectivity index is 1.89. The largest absolute Gasteiger partial charge is 0.319 e. The summed E-state index contributed by atoms with van der Waals surface area (Å²) in [6, 6.07) is 1.94. The molecule has 0 spiro atoms. The molecule has 1 aliphatic rings. The summed E-state index contributed by atoms with van der Waals surface area (Å²) < 4.78 is 0.932. The van der Waals surface area contributed by atoms with Crippen LogP contribution in [0.5, 0.6) is 0 Å². The first-order valence-corrected chi connectivity index (χ1v) is 8.01. The second-order valence-corrected chi connectivity index (χ2v) is 6.59. The second-order valence-electron chi connectivity index (χ2n) is 4.82. The minimum absolute atomic E-state index is 0.238. The molecule has 1 saturated heterocycles. The number of nitrogens with one attached hydrogen (secondary N) is 1. The van der Waals surface area contributed by atoms with Crippen LogP contribution in [0.1, 0.15) is 22.5 Å². The van der Waals surface area contributed by atoms with E-state index in [4.69, 9.17) is 0 Å². The highest BCUT2D eigenvalue weighted by Gasteiger charge is 2.22. The Morgan fingerprint density at radius 2 is 2.50 bits per heavy atom. The van der Waals surface area contributed by atoms with E-state index in [1.54, 1.807) is 0 Å². The van der Waals surface area contributed by atoms with E-state index in [0.717, 1.165) is 29.0 Å². The van der Waals surface area contributed by atoms with Gasteiger partial charge < -0.3 is 5.32 Å². The number of carbonyl (C=O) groups is 1. The van der Waals surface area contributed by atoms with E-state index in [-0.39, 0.29) is 5.78 Å². The Bertz CT molecular complexity index is 405. The van der Waals surface area contributed by atoms with Crippen molar-refractivity contribution in [3.05, 3.63) is 20.8 Å². The lowest BCUT2D eigenvalue weighted by Crippen LogP contribution is -2.41. The summed E-state index contributed by atoms with van der Waals surface area (Å²) in [6.45, 7) is 3.69. The lowest BCUT2D eigenvalue weighted by atomic mass is 9.98. The molecule has 1 unspecified atom stereocenters. The standard InChI is InChI=1S/C13H19BrN2OS/c1-15-7-10-3-2-5-16(8-10)9-12(17)13-11(14)4-6-18-13/h4,6,10,15H,2-3,5,7-9H2,1H3. The summed E-state index contributed by atoms with van der Waals surface area (Å²) in [7, 11) is 1.99. The molecule has 1 aromatic heterocycles. The zero-order valence-electron chi connectivity index (χ0n) is 10.6. The molecule has 18 heavy (non-hydrogen) atoms. The van der Waals surface area contributed by atoms with Gasteiger partial charge in [-0.15, -0.1) is 11.3 Å². The Morgan fingerprint density at radius 3 is 3.17 bits per heavy atom. The number of nitrogens with zero attached hydrogens (tertiary/aromatic N) is 1. The third kappa shape index (κ3) is 3.63. The van der Waals surface area contributed by atoms with Gasteiger partial charge in [0.2, 0.25) is 0 Å². The highest BCUT2D eigenvalue weighted by Crippen LogP contribution is 2.24. The maximum Gasteiger partial charge on any atom is 0.187 e. The maximum atomic E-state index is 12.2. The van der Waals surface area contributed by atoms with Crippen molar-refractivity contribution < 1.29 is 4.79 Å². The van der Waals surface area contributed by atoms with Crippen molar-refractivity contribution in [3.63, 3.8) is 0 Å². The summed E-state index contributed by atoms with van der Waals surface area (Å²) >= 11 is 4.95. The molecule has 3 nitrogen and oxygen atoms in total. The molecule has 1 N–H and O–H groups in total. The Hall–Kier alpha value is -0.230. The van der Waals surface area contributed by atoms with Gasteiger partial charge in [0.1, 0.15) is 0 Å². The van der Waals surface area contributed by atoms with E-state index in [1.807, 2.05) is 18.5 Å². The van der Waals surface area contributed by atoms with Crippen molar-refractivity contribution in [2.75, 3.05) is 33.2 Å². The summed E-state index contributed by atoms with van der Waals surface area (Å²) in [4.78, 5) is 15.3. The number of thiophene rings is 1. The highest BCUT2D eigenvalue weighted by molar-refractivity contribution is 9.10. The molecule has 0 aliphatic carbocycles. The van der Waals surface area contributed by atoms with Crippen molar-refractivity contribution >= 4 is 33.0 Å². The van der Waals surface area contributed by atoms with Gasteiger partial charge in [0.25, 0.3) is 0 Å².